The zero-order chi connectivity index (χ0) is 18.8. The molecule has 27 heavy (non-hydrogen) atoms. The fourth-order valence-corrected chi connectivity index (χ4v) is 4.27. The Bertz CT molecular complexity index is 938. The van der Waals surface area contributed by atoms with Crippen molar-refractivity contribution in [3.05, 3.63) is 52.8 Å². The summed E-state index contributed by atoms with van der Waals surface area (Å²) in [6, 6.07) is 7.64. The van der Waals surface area contributed by atoms with Crippen LogP contribution >= 0.6 is 11.3 Å². The van der Waals surface area contributed by atoms with E-state index in [1.165, 1.54) is 12.8 Å². The van der Waals surface area contributed by atoms with Crippen molar-refractivity contribution in [2.24, 2.45) is 7.05 Å². The van der Waals surface area contributed by atoms with Gasteiger partial charge in [-0.2, -0.15) is 5.10 Å². The molecule has 140 valence electrons. The molecule has 0 unspecified atom stereocenters. The van der Waals surface area contributed by atoms with E-state index in [1.54, 1.807) is 16.0 Å². The second-order valence-electron chi connectivity index (χ2n) is 6.88. The normalized spacial score (nSPS) is 13.9. The number of rotatable bonds is 5. The molecule has 0 saturated carbocycles. The third-order valence-corrected chi connectivity index (χ3v) is 5.77. The van der Waals surface area contributed by atoms with Gasteiger partial charge in [-0.3, -0.25) is 9.48 Å². The number of carbonyl (C=O) groups excluding carboxylic acids is 1. The molecule has 1 saturated heterocycles. The van der Waals surface area contributed by atoms with Crippen LogP contribution < -0.4 is 10.2 Å². The highest BCUT2D eigenvalue weighted by Crippen LogP contribution is 2.25. The third kappa shape index (κ3) is 3.88. The molecule has 2 aromatic heterocycles. The molecule has 1 fully saturated rings. The Kier molecular flexibility index (Phi) is 4.94. The van der Waals surface area contributed by atoms with E-state index in [4.69, 9.17) is 0 Å². The number of benzene rings is 1. The van der Waals surface area contributed by atoms with E-state index in [-0.39, 0.29) is 5.91 Å². The average molecular weight is 382 g/mol. The van der Waals surface area contributed by atoms with Gasteiger partial charge in [0.15, 0.2) is 5.13 Å². The summed E-state index contributed by atoms with van der Waals surface area (Å²) in [7, 11) is 1.91. The second-order valence-corrected chi connectivity index (χ2v) is 7.71. The molecule has 7 heteroatoms. The highest BCUT2D eigenvalue weighted by atomic mass is 32.1. The summed E-state index contributed by atoms with van der Waals surface area (Å²) >= 11 is 1.65. The molecule has 1 aliphatic rings. The van der Waals surface area contributed by atoms with Crippen molar-refractivity contribution in [1.29, 1.82) is 0 Å². The number of carbonyl (C=O) groups is 1. The van der Waals surface area contributed by atoms with Gasteiger partial charge in [0, 0.05) is 42.8 Å². The monoisotopic (exact) mass is 381 g/mol. The van der Waals surface area contributed by atoms with Gasteiger partial charge < -0.3 is 10.2 Å². The first-order valence-corrected chi connectivity index (χ1v) is 10.1. The largest absolute Gasteiger partial charge is 0.348 e. The molecule has 1 N–H and O–H groups in total. The Balaban J connectivity index is 1.37. The maximum absolute atomic E-state index is 12.4. The highest BCUT2D eigenvalue weighted by Gasteiger charge is 2.16. The number of hydrogen-bond acceptors (Lipinski definition) is 5. The minimum absolute atomic E-state index is 0.0832. The summed E-state index contributed by atoms with van der Waals surface area (Å²) in [6.45, 7) is 4.61. The summed E-state index contributed by atoms with van der Waals surface area (Å²) in [4.78, 5) is 19.4. The fraction of sp³-hybridized carbons (Fsp3) is 0.350. The van der Waals surface area contributed by atoms with Crippen molar-refractivity contribution >= 4 is 22.4 Å². The summed E-state index contributed by atoms with van der Waals surface area (Å²) < 4.78 is 1.80. The first-order valence-electron chi connectivity index (χ1n) is 9.18. The molecule has 3 aromatic rings. The minimum atomic E-state index is -0.0832. The standard InChI is InChI=1S/C20H23N5OS/c1-14-18(12-24(2)23-14)15-5-7-16(8-6-15)19(26)21-11-17-13-27-20(22-17)25-9-3-4-10-25/h5-8,12-13H,3-4,9-11H2,1-2H3,(H,21,26). The lowest BCUT2D eigenvalue weighted by molar-refractivity contribution is 0.0950. The molecule has 4 rings (SSSR count). The molecule has 1 aliphatic heterocycles. The van der Waals surface area contributed by atoms with Crippen LogP contribution in [0.15, 0.2) is 35.8 Å². The van der Waals surface area contributed by atoms with Crippen molar-refractivity contribution in [2.75, 3.05) is 18.0 Å². The van der Waals surface area contributed by atoms with Gasteiger partial charge in [-0.05, 0) is 37.5 Å². The summed E-state index contributed by atoms with van der Waals surface area (Å²) in [6.07, 6.45) is 4.46. The number of aromatic nitrogens is 3. The topological polar surface area (TPSA) is 63.1 Å². The molecule has 0 aliphatic carbocycles. The predicted octanol–water partition coefficient (Wildman–Crippen LogP) is 3.38. The van der Waals surface area contributed by atoms with Gasteiger partial charge in [0.05, 0.1) is 17.9 Å². The van der Waals surface area contributed by atoms with E-state index < -0.39 is 0 Å². The lowest BCUT2D eigenvalue weighted by Crippen LogP contribution is -2.23. The number of nitrogens with one attached hydrogen (secondary N) is 1. The second kappa shape index (κ2) is 7.52. The Morgan fingerprint density at radius 2 is 1.96 bits per heavy atom. The van der Waals surface area contributed by atoms with Crippen molar-refractivity contribution in [3.63, 3.8) is 0 Å². The Morgan fingerprint density at radius 1 is 1.22 bits per heavy atom. The minimum Gasteiger partial charge on any atom is -0.348 e. The quantitative estimate of drug-likeness (QED) is 0.736. The number of anilines is 1. The Morgan fingerprint density at radius 3 is 2.63 bits per heavy atom. The Hall–Kier alpha value is -2.67. The van der Waals surface area contributed by atoms with Gasteiger partial charge >= 0.3 is 0 Å². The van der Waals surface area contributed by atoms with Gasteiger partial charge in [-0.1, -0.05) is 12.1 Å². The van der Waals surface area contributed by atoms with E-state index in [9.17, 15) is 4.79 Å². The summed E-state index contributed by atoms with van der Waals surface area (Å²) in [5.74, 6) is -0.0832. The van der Waals surface area contributed by atoms with E-state index in [1.807, 2.05) is 49.8 Å². The number of aryl methyl sites for hydroxylation is 2. The number of hydrogen-bond donors (Lipinski definition) is 1. The van der Waals surface area contributed by atoms with Crippen LogP contribution in [0, 0.1) is 6.92 Å². The van der Waals surface area contributed by atoms with Gasteiger partial charge in [-0.25, -0.2) is 4.98 Å². The van der Waals surface area contributed by atoms with Gasteiger partial charge in [-0.15, -0.1) is 11.3 Å². The van der Waals surface area contributed by atoms with E-state index in [2.05, 4.69) is 20.3 Å². The van der Waals surface area contributed by atoms with Crippen molar-refractivity contribution in [1.82, 2.24) is 20.1 Å². The number of thiazole rings is 1. The van der Waals surface area contributed by atoms with Crippen LogP contribution in [0.5, 0.6) is 0 Å². The third-order valence-electron chi connectivity index (χ3n) is 4.82. The molecule has 1 amide bonds. The molecule has 1 aromatic carbocycles. The molecule has 0 spiro atoms. The zero-order valence-corrected chi connectivity index (χ0v) is 16.4. The predicted molar refractivity (Wildman–Crippen MR) is 108 cm³/mol. The van der Waals surface area contributed by atoms with Crippen LogP contribution in [-0.2, 0) is 13.6 Å². The van der Waals surface area contributed by atoms with Gasteiger partial charge in [0.25, 0.3) is 5.91 Å². The van der Waals surface area contributed by atoms with Crippen molar-refractivity contribution in [3.8, 4) is 11.1 Å². The Labute approximate surface area is 162 Å². The molecule has 6 nitrogen and oxygen atoms in total. The summed E-state index contributed by atoms with van der Waals surface area (Å²) in [5, 5.41) is 10.4. The van der Waals surface area contributed by atoms with Crippen LogP contribution in [-0.4, -0.2) is 33.8 Å². The lowest BCUT2D eigenvalue weighted by atomic mass is 10.0. The smallest absolute Gasteiger partial charge is 0.251 e. The first-order chi connectivity index (χ1) is 13.1. The molecule has 3 heterocycles. The van der Waals surface area contributed by atoms with Crippen LogP contribution in [0.25, 0.3) is 11.1 Å². The SMILES string of the molecule is Cc1nn(C)cc1-c1ccc(C(=O)NCc2csc(N3CCCC3)n2)cc1. The zero-order valence-electron chi connectivity index (χ0n) is 15.6. The lowest BCUT2D eigenvalue weighted by Gasteiger charge is -2.12. The molecule has 0 radical (unpaired) electrons. The highest BCUT2D eigenvalue weighted by molar-refractivity contribution is 7.13. The van der Waals surface area contributed by atoms with E-state index in [0.29, 0.717) is 12.1 Å². The van der Waals surface area contributed by atoms with Crippen molar-refractivity contribution < 1.29 is 4.79 Å². The maximum atomic E-state index is 12.4. The van der Waals surface area contributed by atoms with Crippen molar-refractivity contribution in [2.45, 2.75) is 26.3 Å². The van der Waals surface area contributed by atoms with Crippen LogP contribution in [0.4, 0.5) is 5.13 Å². The molecular formula is C20H23N5OS. The average Bonchev–Trinajstić information content (AvgIpc) is 3.40. The number of nitrogens with zero attached hydrogens (tertiary/aromatic N) is 4. The van der Waals surface area contributed by atoms with Crippen LogP contribution in [0.3, 0.4) is 0 Å². The first kappa shape index (κ1) is 17.7. The summed E-state index contributed by atoms with van der Waals surface area (Å²) in [5.41, 5.74) is 4.69. The molecule has 0 atom stereocenters. The maximum Gasteiger partial charge on any atom is 0.251 e. The number of amides is 1. The van der Waals surface area contributed by atoms with Gasteiger partial charge in [0.1, 0.15) is 0 Å². The molecule has 0 bridgehead atoms. The van der Waals surface area contributed by atoms with Crippen LogP contribution in [0.2, 0.25) is 0 Å². The van der Waals surface area contributed by atoms with E-state index in [0.717, 1.165) is 40.7 Å². The molecular weight excluding hydrogens is 358 g/mol. The van der Waals surface area contributed by atoms with Gasteiger partial charge in [0.2, 0.25) is 0 Å². The van der Waals surface area contributed by atoms with E-state index >= 15 is 0 Å². The van der Waals surface area contributed by atoms with Crippen LogP contribution in [0.1, 0.15) is 34.6 Å². The fourth-order valence-electron chi connectivity index (χ4n) is 3.39.